The molecule has 0 aliphatic carbocycles. The van der Waals surface area contributed by atoms with Crippen LogP contribution in [0.2, 0.25) is 0 Å². The third-order valence-electron chi connectivity index (χ3n) is 6.09. The molecule has 3 aromatic rings. The first-order valence-electron chi connectivity index (χ1n) is 12.5. The second-order valence-corrected chi connectivity index (χ2v) is 8.79. The molecule has 0 bridgehead atoms. The smallest absolute Gasteiger partial charge is 0.317 e. The van der Waals surface area contributed by atoms with Gasteiger partial charge < -0.3 is 15.2 Å². The maximum Gasteiger partial charge on any atom is 0.317 e. The second kappa shape index (κ2) is 13.5. The van der Waals surface area contributed by atoms with Crippen molar-refractivity contribution in [2.45, 2.75) is 58.8 Å². The number of carbonyl (C=O) groups is 1. The Morgan fingerprint density at radius 3 is 2.52 bits per heavy atom. The molecule has 1 aromatic heterocycles. The van der Waals surface area contributed by atoms with Crippen molar-refractivity contribution in [3.05, 3.63) is 77.5 Å². The topological polar surface area (TPSA) is 48.1 Å². The molecule has 2 N–H and O–H groups in total. The molecule has 33 heavy (non-hydrogen) atoms. The van der Waals surface area contributed by atoms with Crippen molar-refractivity contribution in [2.24, 2.45) is 0 Å². The number of carbonyl (C=O) groups excluding carboxylic acids is 1. The molecule has 0 fully saturated rings. The van der Waals surface area contributed by atoms with Gasteiger partial charge in [0.15, 0.2) is 0 Å². The molecule has 0 radical (unpaired) electrons. The number of hydrogen-bond acceptors (Lipinski definition) is 1. The van der Waals surface area contributed by atoms with Crippen molar-refractivity contribution < 1.29 is 4.79 Å². The van der Waals surface area contributed by atoms with Crippen LogP contribution in [-0.4, -0.2) is 35.5 Å². The summed E-state index contributed by atoms with van der Waals surface area (Å²) in [5, 5.41) is 4.38. The quantitative estimate of drug-likeness (QED) is 0.269. The van der Waals surface area contributed by atoms with Gasteiger partial charge in [-0.15, -0.1) is 0 Å². The molecule has 176 valence electrons. The van der Waals surface area contributed by atoms with Gasteiger partial charge in [-0.1, -0.05) is 93.3 Å². The molecule has 4 nitrogen and oxygen atoms in total. The molecule has 0 saturated heterocycles. The van der Waals surface area contributed by atoms with E-state index in [2.05, 4.69) is 78.9 Å². The lowest BCUT2D eigenvalue weighted by atomic mass is 10.0. The lowest BCUT2D eigenvalue weighted by molar-refractivity contribution is 0.202. The van der Waals surface area contributed by atoms with Crippen molar-refractivity contribution in [2.75, 3.05) is 19.6 Å². The van der Waals surface area contributed by atoms with Gasteiger partial charge in [0.2, 0.25) is 0 Å². The Balaban J connectivity index is 1.76. The molecule has 0 spiro atoms. The van der Waals surface area contributed by atoms with Gasteiger partial charge in [-0.2, -0.15) is 0 Å². The number of aromatic amines is 1. The average Bonchev–Trinajstić information content (AvgIpc) is 3.25. The minimum Gasteiger partial charge on any atom is -0.361 e. The normalized spacial score (nSPS) is 11.6. The molecular weight excluding hydrogens is 406 g/mol. The Kier molecular flexibility index (Phi) is 10.1. The van der Waals surface area contributed by atoms with E-state index >= 15 is 0 Å². The number of para-hydroxylation sites is 1. The van der Waals surface area contributed by atoms with E-state index in [1.165, 1.54) is 34.9 Å². The SMILES string of the molecule is CCCCCC(=Cc1ccccc1)CN(CCc1c[nH]c2ccccc12)C(=O)NCCCC. The minimum atomic E-state index is 0.0396. The van der Waals surface area contributed by atoms with E-state index in [0.717, 1.165) is 44.2 Å². The number of rotatable bonds is 13. The van der Waals surface area contributed by atoms with Crippen molar-refractivity contribution >= 4 is 23.0 Å². The number of hydrogen-bond donors (Lipinski definition) is 2. The van der Waals surface area contributed by atoms with Gasteiger partial charge in [0, 0.05) is 36.7 Å². The van der Waals surface area contributed by atoms with Crippen molar-refractivity contribution in [1.82, 2.24) is 15.2 Å². The van der Waals surface area contributed by atoms with Gasteiger partial charge in [-0.25, -0.2) is 4.79 Å². The molecule has 1 heterocycles. The Hall–Kier alpha value is -3.01. The van der Waals surface area contributed by atoms with Gasteiger partial charge in [0.1, 0.15) is 0 Å². The Morgan fingerprint density at radius 2 is 1.73 bits per heavy atom. The number of amides is 2. The zero-order valence-corrected chi connectivity index (χ0v) is 20.3. The van der Waals surface area contributed by atoms with E-state index < -0.39 is 0 Å². The average molecular weight is 446 g/mol. The van der Waals surface area contributed by atoms with Crippen LogP contribution < -0.4 is 5.32 Å². The van der Waals surface area contributed by atoms with Gasteiger partial charge in [-0.05, 0) is 42.9 Å². The molecule has 2 amide bonds. The zero-order valence-electron chi connectivity index (χ0n) is 20.3. The monoisotopic (exact) mass is 445 g/mol. The van der Waals surface area contributed by atoms with Crippen LogP contribution in [-0.2, 0) is 6.42 Å². The zero-order chi connectivity index (χ0) is 23.3. The van der Waals surface area contributed by atoms with Crippen LogP contribution in [0.1, 0.15) is 63.5 Å². The molecular formula is C29H39N3O. The van der Waals surface area contributed by atoms with Gasteiger partial charge in [0.25, 0.3) is 0 Å². The highest BCUT2D eigenvalue weighted by Crippen LogP contribution is 2.20. The number of nitrogens with one attached hydrogen (secondary N) is 2. The van der Waals surface area contributed by atoms with Crippen LogP contribution in [0.15, 0.2) is 66.4 Å². The summed E-state index contributed by atoms with van der Waals surface area (Å²) in [5.74, 6) is 0. The summed E-state index contributed by atoms with van der Waals surface area (Å²) >= 11 is 0. The minimum absolute atomic E-state index is 0.0396. The first-order valence-corrected chi connectivity index (χ1v) is 12.5. The Bertz CT molecular complexity index is 1010. The van der Waals surface area contributed by atoms with Gasteiger partial charge in [0.05, 0.1) is 0 Å². The third-order valence-corrected chi connectivity index (χ3v) is 6.09. The molecule has 0 aliphatic heterocycles. The standard InChI is InChI=1S/C29H39N3O/c1-3-5-8-15-25(21-24-13-9-7-10-14-24)23-32(29(33)30-19-6-4-2)20-18-26-22-31-28-17-12-11-16-27(26)28/h7,9-14,16-17,21-22,31H,3-6,8,15,18-20,23H2,1-2H3,(H,30,33). The largest absolute Gasteiger partial charge is 0.361 e. The fraction of sp³-hybridized carbons (Fsp3) is 0.414. The lowest BCUT2D eigenvalue weighted by Crippen LogP contribution is -2.42. The maximum absolute atomic E-state index is 13.1. The van der Waals surface area contributed by atoms with Crippen LogP contribution in [0.4, 0.5) is 4.79 Å². The predicted octanol–water partition coefficient (Wildman–Crippen LogP) is 7.19. The summed E-state index contributed by atoms with van der Waals surface area (Å²) in [6.45, 7) is 6.47. The van der Waals surface area contributed by atoms with E-state index in [9.17, 15) is 4.79 Å². The molecule has 0 unspecified atom stereocenters. The summed E-state index contributed by atoms with van der Waals surface area (Å²) in [6.07, 6.45) is 11.9. The lowest BCUT2D eigenvalue weighted by Gasteiger charge is -2.25. The van der Waals surface area contributed by atoms with Gasteiger partial charge >= 0.3 is 6.03 Å². The number of nitrogens with zero attached hydrogens (tertiary/aromatic N) is 1. The van der Waals surface area contributed by atoms with E-state index in [0.29, 0.717) is 13.1 Å². The third kappa shape index (κ3) is 7.81. The molecule has 2 aromatic carbocycles. The summed E-state index contributed by atoms with van der Waals surface area (Å²) in [7, 11) is 0. The van der Waals surface area contributed by atoms with Crippen LogP contribution in [0.25, 0.3) is 17.0 Å². The fourth-order valence-corrected chi connectivity index (χ4v) is 4.16. The fourth-order valence-electron chi connectivity index (χ4n) is 4.16. The van der Waals surface area contributed by atoms with Crippen molar-refractivity contribution in [1.29, 1.82) is 0 Å². The van der Waals surface area contributed by atoms with Crippen LogP contribution in [0, 0.1) is 0 Å². The van der Waals surface area contributed by atoms with E-state index in [-0.39, 0.29) is 6.03 Å². The number of H-pyrrole nitrogens is 1. The number of fused-ring (bicyclic) bond motifs is 1. The van der Waals surface area contributed by atoms with E-state index in [1.807, 2.05) is 17.0 Å². The summed E-state index contributed by atoms with van der Waals surface area (Å²) in [6, 6.07) is 18.9. The Morgan fingerprint density at radius 1 is 0.970 bits per heavy atom. The number of benzene rings is 2. The summed E-state index contributed by atoms with van der Waals surface area (Å²) in [4.78, 5) is 18.5. The van der Waals surface area contributed by atoms with Gasteiger partial charge in [-0.3, -0.25) is 0 Å². The Labute approximate surface area is 199 Å². The first-order chi connectivity index (χ1) is 16.2. The highest BCUT2D eigenvalue weighted by molar-refractivity contribution is 5.83. The molecule has 3 rings (SSSR count). The highest BCUT2D eigenvalue weighted by Gasteiger charge is 2.16. The molecule has 0 saturated carbocycles. The van der Waals surface area contributed by atoms with Crippen LogP contribution in [0.3, 0.4) is 0 Å². The molecule has 0 atom stereocenters. The van der Waals surface area contributed by atoms with Crippen molar-refractivity contribution in [3.63, 3.8) is 0 Å². The second-order valence-electron chi connectivity index (χ2n) is 8.79. The maximum atomic E-state index is 13.1. The molecule has 4 heteroatoms. The summed E-state index contributed by atoms with van der Waals surface area (Å²) in [5.41, 5.74) is 4.93. The highest BCUT2D eigenvalue weighted by atomic mass is 16.2. The number of urea groups is 1. The summed E-state index contributed by atoms with van der Waals surface area (Å²) < 4.78 is 0. The predicted molar refractivity (Wildman–Crippen MR) is 140 cm³/mol. The molecule has 0 aliphatic rings. The number of aromatic nitrogens is 1. The van der Waals surface area contributed by atoms with Crippen LogP contribution >= 0.6 is 0 Å². The van der Waals surface area contributed by atoms with Crippen molar-refractivity contribution in [3.8, 4) is 0 Å². The van der Waals surface area contributed by atoms with Crippen LogP contribution in [0.5, 0.6) is 0 Å². The first kappa shape index (κ1) is 24.6. The van der Waals surface area contributed by atoms with E-state index in [1.54, 1.807) is 0 Å². The number of unbranched alkanes of at least 4 members (excludes halogenated alkanes) is 3. The van der Waals surface area contributed by atoms with E-state index in [4.69, 9.17) is 0 Å².